The molecular weight excluding hydrogens is 441 g/mol. The zero-order valence-corrected chi connectivity index (χ0v) is 20.1. The third-order valence-electron chi connectivity index (χ3n) is 6.50. The van der Waals surface area contributed by atoms with Crippen LogP contribution in [-0.2, 0) is 6.54 Å². The van der Waals surface area contributed by atoms with E-state index in [0.717, 1.165) is 16.6 Å². The summed E-state index contributed by atoms with van der Waals surface area (Å²) in [5.74, 6) is 0.481. The van der Waals surface area contributed by atoms with E-state index in [-0.39, 0.29) is 5.95 Å². The highest BCUT2D eigenvalue weighted by Gasteiger charge is 2.29. The Morgan fingerprint density at radius 2 is 1.74 bits per heavy atom. The SMILES string of the molecule is CC1(C)CCCCC1.Cc1nc(N)nn2ccc(-c3ccc4nc(C)n(CC(F)(F)F)c4c3)c12. The van der Waals surface area contributed by atoms with Gasteiger partial charge in [-0.2, -0.15) is 13.2 Å². The van der Waals surface area contributed by atoms with Crippen molar-refractivity contribution >= 4 is 22.5 Å². The minimum absolute atomic E-state index is 0.159. The van der Waals surface area contributed by atoms with E-state index in [2.05, 4.69) is 28.9 Å². The fourth-order valence-electron chi connectivity index (χ4n) is 4.75. The smallest absolute Gasteiger partial charge is 0.367 e. The van der Waals surface area contributed by atoms with E-state index in [0.29, 0.717) is 28.0 Å². The lowest BCUT2D eigenvalue weighted by Crippen LogP contribution is -2.18. The molecule has 0 aliphatic heterocycles. The second-order valence-electron chi connectivity index (χ2n) is 9.87. The normalized spacial score (nSPS) is 16.0. The largest absolute Gasteiger partial charge is 0.406 e. The Morgan fingerprint density at radius 3 is 2.35 bits per heavy atom. The van der Waals surface area contributed by atoms with E-state index in [1.165, 1.54) is 36.7 Å². The Kier molecular flexibility index (Phi) is 6.31. The topological polar surface area (TPSA) is 74.0 Å². The molecule has 3 aromatic heterocycles. The molecule has 0 unspecified atom stereocenters. The van der Waals surface area contributed by atoms with Gasteiger partial charge in [0.05, 0.1) is 22.2 Å². The highest BCUT2D eigenvalue weighted by molar-refractivity contribution is 5.88. The van der Waals surface area contributed by atoms with Crippen LogP contribution in [0.2, 0.25) is 0 Å². The molecule has 0 amide bonds. The van der Waals surface area contributed by atoms with Gasteiger partial charge in [-0.3, -0.25) is 0 Å². The van der Waals surface area contributed by atoms with E-state index in [4.69, 9.17) is 5.73 Å². The lowest BCUT2D eigenvalue weighted by molar-refractivity contribution is -0.140. The van der Waals surface area contributed by atoms with Crippen LogP contribution in [-0.4, -0.2) is 30.3 Å². The van der Waals surface area contributed by atoms with Crippen molar-refractivity contribution in [3.8, 4) is 11.1 Å². The zero-order chi connectivity index (χ0) is 24.7. The van der Waals surface area contributed by atoms with Crippen LogP contribution in [0.1, 0.15) is 57.5 Å². The maximum Gasteiger partial charge on any atom is 0.406 e. The second kappa shape index (κ2) is 8.92. The maximum atomic E-state index is 12.9. The van der Waals surface area contributed by atoms with Crippen LogP contribution < -0.4 is 5.73 Å². The molecular formula is C25H31F3N6. The van der Waals surface area contributed by atoms with Crippen molar-refractivity contribution in [1.29, 1.82) is 0 Å². The number of nitrogens with two attached hydrogens (primary N) is 1. The Bertz CT molecular complexity index is 1310. The first-order valence-corrected chi connectivity index (χ1v) is 11.6. The number of aryl methyl sites for hydroxylation is 2. The third kappa shape index (κ3) is 5.18. The maximum absolute atomic E-state index is 12.9. The predicted octanol–water partition coefficient (Wildman–Crippen LogP) is 6.48. The Balaban J connectivity index is 0.000000291. The lowest BCUT2D eigenvalue weighted by Gasteiger charge is -2.28. The van der Waals surface area contributed by atoms with Crippen molar-refractivity contribution in [2.45, 2.75) is 72.5 Å². The quantitative estimate of drug-likeness (QED) is 0.362. The summed E-state index contributed by atoms with van der Waals surface area (Å²) in [4.78, 5) is 8.40. The molecule has 5 rings (SSSR count). The first-order valence-electron chi connectivity index (χ1n) is 11.6. The molecule has 1 aliphatic rings. The Hall–Kier alpha value is -3.10. The van der Waals surface area contributed by atoms with Crippen LogP contribution in [0.3, 0.4) is 0 Å². The number of hydrogen-bond donors (Lipinski definition) is 1. The van der Waals surface area contributed by atoms with Crippen LogP contribution in [0.5, 0.6) is 0 Å². The summed E-state index contributed by atoms with van der Waals surface area (Å²) in [6.45, 7) is 7.07. The van der Waals surface area contributed by atoms with Gasteiger partial charge in [-0.05, 0) is 55.9 Å². The number of halogens is 3. The number of imidazole rings is 1. The zero-order valence-electron chi connectivity index (χ0n) is 20.1. The fraction of sp³-hybridized carbons (Fsp3) is 0.480. The molecule has 9 heteroatoms. The number of nitrogens with zero attached hydrogens (tertiary/aromatic N) is 5. The molecule has 0 spiro atoms. The van der Waals surface area contributed by atoms with E-state index in [9.17, 15) is 13.2 Å². The minimum atomic E-state index is -4.32. The first kappa shape index (κ1) is 24.0. The molecule has 6 nitrogen and oxygen atoms in total. The highest BCUT2D eigenvalue weighted by Crippen LogP contribution is 2.34. The van der Waals surface area contributed by atoms with Gasteiger partial charge in [0.2, 0.25) is 5.95 Å². The summed E-state index contributed by atoms with van der Waals surface area (Å²) >= 11 is 0. The van der Waals surface area contributed by atoms with Crippen LogP contribution in [0.25, 0.3) is 27.7 Å². The molecule has 3 heterocycles. The number of benzene rings is 1. The third-order valence-corrected chi connectivity index (χ3v) is 6.50. The minimum Gasteiger partial charge on any atom is -0.367 e. The standard InChI is InChI=1S/C17H15F3N6.C8H16/c1-9-15-12(5-6-26(15)24-16(21)22-9)11-3-4-13-14(7-11)25(10(2)23-13)8-17(18,19)20;1-8(2)6-4-3-5-7-8/h3-7H,8H2,1-2H3,(H2,21,24);3-7H2,1-2H3. The lowest BCUT2D eigenvalue weighted by atomic mass is 9.78. The summed E-state index contributed by atoms with van der Waals surface area (Å²) in [5, 5.41) is 4.13. The van der Waals surface area contributed by atoms with E-state index in [1.807, 2.05) is 19.1 Å². The van der Waals surface area contributed by atoms with Gasteiger partial charge in [0, 0.05) is 11.8 Å². The Labute approximate surface area is 197 Å². The van der Waals surface area contributed by atoms with Gasteiger partial charge in [-0.25, -0.2) is 14.5 Å². The predicted molar refractivity (Wildman–Crippen MR) is 129 cm³/mol. The number of fused-ring (bicyclic) bond motifs is 2. The molecule has 0 atom stereocenters. The number of alkyl halides is 3. The molecule has 1 aliphatic carbocycles. The van der Waals surface area contributed by atoms with Gasteiger partial charge >= 0.3 is 6.18 Å². The summed E-state index contributed by atoms with van der Waals surface area (Å²) in [5.41, 5.74) is 10.3. The van der Waals surface area contributed by atoms with E-state index < -0.39 is 12.7 Å². The van der Waals surface area contributed by atoms with Gasteiger partial charge in [0.15, 0.2) is 0 Å². The van der Waals surface area contributed by atoms with Gasteiger partial charge in [-0.1, -0.05) is 39.2 Å². The molecule has 1 fully saturated rings. The van der Waals surface area contributed by atoms with Crippen LogP contribution >= 0.6 is 0 Å². The average molecular weight is 473 g/mol. The van der Waals surface area contributed by atoms with Gasteiger partial charge in [0.25, 0.3) is 0 Å². The van der Waals surface area contributed by atoms with Gasteiger partial charge < -0.3 is 10.3 Å². The molecule has 2 N–H and O–H groups in total. The monoisotopic (exact) mass is 472 g/mol. The summed E-state index contributed by atoms with van der Waals surface area (Å²) in [6.07, 6.45) is 4.74. The molecule has 0 radical (unpaired) electrons. The summed E-state index contributed by atoms with van der Waals surface area (Å²) < 4.78 is 41.6. The number of anilines is 1. The van der Waals surface area contributed by atoms with Crippen molar-refractivity contribution in [1.82, 2.24) is 24.1 Å². The molecule has 1 saturated carbocycles. The second-order valence-corrected chi connectivity index (χ2v) is 9.87. The van der Waals surface area contributed by atoms with Crippen molar-refractivity contribution in [3.63, 3.8) is 0 Å². The van der Waals surface area contributed by atoms with Crippen molar-refractivity contribution in [3.05, 3.63) is 42.0 Å². The van der Waals surface area contributed by atoms with Crippen LogP contribution in [0, 0.1) is 19.3 Å². The number of rotatable bonds is 2. The van der Waals surface area contributed by atoms with Crippen LogP contribution in [0.4, 0.5) is 19.1 Å². The van der Waals surface area contributed by atoms with Crippen molar-refractivity contribution in [2.24, 2.45) is 5.41 Å². The number of aromatic nitrogens is 5. The molecule has 0 bridgehead atoms. The first-order chi connectivity index (χ1) is 15.9. The molecule has 4 aromatic rings. The van der Waals surface area contributed by atoms with E-state index in [1.54, 1.807) is 29.8 Å². The van der Waals surface area contributed by atoms with Gasteiger partial charge in [0.1, 0.15) is 12.4 Å². The Morgan fingerprint density at radius 1 is 1.03 bits per heavy atom. The molecule has 1 aromatic carbocycles. The van der Waals surface area contributed by atoms with Crippen molar-refractivity contribution < 1.29 is 13.2 Å². The van der Waals surface area contributed by atoms with E-state index >= 15 is 0 Å². The van der Waals surface area contributed by atoms with Crippen LogP contribution in [0.15, 0.2) is 30.5 Å². The average Bonchev–Trinajstić information content (AvgIpc) is 3.28. The van der Waals surface area contributed by atoms with Crippen molar-refractivity contribution in [2.75, 3.05) is 5.73 Å². The number of hydrogen-bond acceptors (Lipinski definition) is 4. The highest BCUT2D eigenvalue weighted by atomic mass is 19.4. The van der Waals surface area contributed by atoms with Gasteiger partial charge in [-0.15, -0.1) is 5.10 Å². The summed E-state index contributed by atoms with van der Waals surface area (Å²) in [7, 11) is 0. The fourth-order valence-corrected chi connectivity index (χ4v) is 4.75. The molecule has 182 valence electrons. The molecule has 34 heavy (non-hydrogen) atoms. The summed E-state index contributed by atoms with van der Waals surface area (Å²) in [6, 6.07) is 7.11. The number of nitrogen functional groups attached to an aromatic ring is 1. The molecule has 0 saturated heterocycles.